The highest BCUT2D eigenvalue weighted by Gasteiger charge is 2.13. The van der Waals surface area contributed by atoms with Crippen molar-refractivity contribution in [3.8, 4) is 5.69 Å². The zero-order valence-corrected chi connectivity index (χ0v) is 13.0. The van der Waals surface area contributed by atoms with Crippen molar-refractivity contribution in [3.05, 3.63) is 71.5 Å². The number of aromatic nitrogens is 4. The van der Waals surface area contributed by atoms with E-state index in [1.165, 1.54) is 11.0 Å². The van der Waals surface area contributed by atoms with Gasteiger partial charge in [-0.15, -0.1) is 5.10 Å². The Bertz CT molecular complexity index is 796. The van der Waals surface area contributed by atoms with Gasteiger partial charge in [0, 0.05) is 5.56 Å². The van der Waals surface area contributed by atoms with Gasteiger partial charge in [-0.2, -0.15) is 0 Å². The fourth-order valence-corrected chi connectivity index (χ4v) is 2.48. The Kier molecular flexibility index (Phi) is 4.14. The van der Waals surface area contributed by atoms with Gasteiger partial charge in [-0.1, -0.05) is 24.3 Å². The number of hydrogen-bond acceptors (Lipinski definition) is 4. The lowest BCUT2D eigenvalue weighted by atomic mass is 10.0. The third-order valence-electron chi connectivity index (χ3n) is 3.75. The maximum atomic E-state index is 12.4. The smallest absolute Gasteiger partial charge is 0.251 e. The fourth-order valence-electron chi connectivity index (χ4n) is 2.48. The summed E-state index contributed by atoms with van der Waals surface area (Å²) in [5.41, 5.74) is 3.68. The van der Waals surface area contributed by atoms with Crippen LogP contribution in [0.1, 0.15) is 34.5 Å². The topological polar surface area (TPSA) is 72.7 Å². The maximum absolute atomic E-state index is 12.4. The Hall–Kier alpha value is -3.02. The quantitative estimate of drug-likeness (QED) is 0.803. The van der Waals surface area contributed by atoms with Crippen LogP contribution in [0.25, 0.3) is 5.69 Å². The molecule has 6 nitrogen and oxygen atoms in total. The third-order valence-corrected chi connectivity index (χ3v) is 3.75. The normalized spacial score (nSPS) is 11.9. The van der Waals surface area contributed by atoms with Crippen molar-refractivity contribution in [2.24, 2.45) is 0 Å². The lowest BCUT2D eigenvalue weighted by Gasteiger charge is -2.16. The molecule has 1 atom stereocenters. The Morgan fingerprint density at radius 3 is 2.52 bits per heavy atom. The molecular formula is C17H17N5O. The molecule has 3 rings (SSSR count). The number of aryl methyl sites for hydroxylation is 1. The van der Waals surface area contributed by atoms with E-state index in [2.05, 4.69) is 20.8 Å². The molecule has 23 heavy (non-hydrogen) atoms. The molecule has 0 bridgehead atoms. The van der Waals surface area contributed by atoms with Gasteiger partial charge in [-0.25, -0.2) is 4.68 Å². The summed E-state index contributed by atoms with van der Waals surface area (Å²) in [7, 11) is 0. The highest BCUT2D eigenvalue weighted by Crippen LogP contribution is 2.17. The molecule has 1 aromatic heterocycles. The van der Waals surface area contributed by atoms with Gasteiger partial charge in [0.2, 0.25) is 0 Å². The zero-order chi connectivity index (χ0) is 16.2. The summed E-state index contributed by atoms with van der Waals surface area (Å²) in [6, 6.07) is 15.1. The predicted molar refractivity (Wildman–Crippen MR) is 86.2 cm³/mol. The highest BCUT2D eigenvalue weighted by atomic mass is 16.1. The van der Waals surface area contributed by atoms with E-state index in [0.717, 1.165) is 16.8 Å². The number of nitrogens with one attached hydrogen (secondary N) is 1. The molecule has 3 aromatic rings. The summed E-state index contributed by atoms with van der Waals surface area (Å²) < 4.78 is 1.54. The van der Waals surface area contributed by atoms with Crippen LogP contribution in [0.3, 0.4) is 0 Å². The van der Waals surface area contributed by atoms with Crippen LogP contribution < -0.4 is 5.32 Å². The number of tetrazole rings is 1. The number of carbonyl (C=O) groups excluding carboxylic acids is 1. The summed E-state index contributed by atoms with van der Waals surface area (Å²) in [5.74, 6) is -0.107. The first kappa shape index (κ1) is 14.9. The Labute approximate surface area is 134 Å². The van der Waals surface area contributed by atoms with Crippen LogP contribution in [-0.2, 0) is 0 Å². The van der Waals surface area contributed by atoms with Crippen LogP contribution in [0.15, 0.2) is 54.9 Å². The van der Waals surface area contributed by atoms with Crippen LogP contribution in [0, 0.1) is 6.92 Å². The van der Waals surface area contributed by atoms with E-state index in [1.54, 1.807) is 12.1 Å². The molecule has 0 aliphatic rings. The van der Waals surface area contributed by atoms with Gasteiger partial charge in [-0.3, -0.25) is 4.79 Å². The minimum atomic E-state index is -0.107. The van der Waals surface area contributed by atoms with Gasteiger partial charge in [0.1, 0.15) is 6.33 Å². The van der Waals surface area contributed by atoms with Gasteiger partial charge in [0.15, 0.2) is 0 Å². The van der Waals surface area contributed by atoms with Crippen LogP contribution >= 0.6 is 0 Å². The molecule has 0 fully saturated rings. The zero-order valence-electron chi connectivity index (χ0n) is 13.0. The largest absolute Gasteiger partial charge is 0.346 e. The van der Waals surface area contributed by atoms with E-state index in [0.29, 0.717) is 5.56 Å². The van der Waals surface area contributed by atoms with E-state index >= 15 is 0 Å². The van der Waals surface area contributed by atoms with Gasteiger partial charge in [-0.05, 0) is 59.7 Å². The second-order valence-electron chi connectivity index (χ2n) is 5.35. The summed E-state index contributed by atoms with van der Waals surface area (Å²) in [5, 5.41) is 14.0. The lowest BCUT2D eigenvalue weighted by molar-refractivity contribution is 0.0940. The van der Waals surface area contributed by atoms with Crippen molar-refractivity contribution in [1.82, 2.24) is 25.5 Å². The minimum Gasteiger partial charge on any atom is -0.346 e. The molecule has 2 aromatic carbocycles. The molecule has 0 spiro atoms. The van der Waals surface area contributed by atoms with E-state index < -0.39 is 0 Å². The number of rotatable bonds is 4. The third kappa shape index (κ3) is 3.26. The first-order chi connectivity index (χ1) is 11.1. The van der Waals surface area contributed by atoms with Crippen LogP contribution in [0.2, 0.25) is 0 Å². The number of carbonyl (C=O) groups is 1. The molecule has 1 heterocycles. The number of amides is 1. The first-order valence-electron chi connectivity index (χ1n) is 7.35. The van der Waals surface area contributed by atoms with E-state index in [9.17, 15) is 4.79 Å². The Balaban J connectivity index is 1.72. The van der Waals surface area contributed by atoms with Crippen LogP contribution in [0.4, 0.5) is 0 Å². The number of nitrogens with zero attached hydrogens (tertiary/aromatic N) is 4. The van der Waals surface area contributed by atoms with Crippen molar-refractivity contribution >= 4 is 5.91 Å². The van der Waals surface area contributed by atoms with Crippen molar-refractivity contribution in [2.45, 2.75) is 19.9 Å². The lowest BCUT2D eigenvalue weighted by Crippen LogP contribution is -2.27. The Morgan fingerprint density at radius 1 is 1.13 bits per heavy atom. The van der Waals surface area contributed by atoms with Crippen LogP contribution in [-0.4, -0.2) is 26.1 Å². The van der Waals surface area contributed by atoms with Crippen molar-refractivity contribution < 1.29 is 4.79 Å². The molecule has 1 amide bonds. The second-order valence-corrected chi connectivity index (χ2v) is 5.35. The maximum Gasteiger partial charge on any atom is 0.251 e. The first-order valence-corrected chi connectivity index (χ1v) is 7.35. The summed E-state index contributed by atoms with van der Waals surface area (Å²) in [4.78, 5) is 12.4. The van der Waals surface area contributed by atoms with Gasteiger partial charge in [0.25, 0.3) is 5.91 Å². The van der Waals surface area contributed by atoms with Gasteiger partial charge < -0.3 is 5.32 Å². The molecule has 0 aliphatic carbocycles. The molecule has 6 heteroatoms. The average molecular weight is 307 g/mol. The molecular weight excluding hydrogens is 290 g/mol. The van der Waals surface area contributed by atoms with Crippen molar-refractivity contribution in [2.75, 3.05) is 0 Å². The van der Waals surface area contributed by atoms with E-state index in [1.807, 2.05) is 50.2 Å². The number of benzene rings is 2. The van der Waals surface area contributed by atoms with Gasteiger partial charge in [0.05, 0.1) is 11.7 Å². The summed E-state index contributed by atoms with van der Waals surface area (Å²) in [6.07, 6.45) is 1.51. The highest BCUT2D eigenvalue weighted by molar-refractivity contribution is 5.94. The molecule has 0 saturated carbocycles. The molecule has 0 unspecified atom stereocenters. The Morgan fingerprint density at radius 2 is 1.87 bits per heavy atom. The molecule has 0 saturated heterocycles. The van der Waals surface area contributed by atoms with E-state index in [4.69, 9.17) is 0 Å². The van der Waals surface area contributed by atoms with Crippen LogP contribution in [0.5, 0.6) is 0 Å². The molecule has 116 valence electrons. The molecule has 1 N–H and O–H groups in total. The summed E-state index contributed by atoms with van der Waals surface area (Å²) >= 11 is 0. The van der Waals surface area contributed by atoms with Crippen molar-refractivity contribution in [1.29, 1.82) is 0 Å². The average Bonchev–Trinajstić information content (AvgIpc) is 3.09. The van der Waals surface area contributed by atoms with E-state index in [-0.39, 0.29) is 11.9 Å². The minimum absolute atomic E-state index is 0.0529. The second kappa shape index (κ2) is 6.39. The molecule has 0 radical (unpaired) electrons. The SMILES string of the molecule is Cc1ccccc1[C@H](C)NC(=O)c1ccc(-n2cnnn2)cc1. The standard InChI is InChI=1S/C17H17N5O/c1-12-5-3-4-6-16(12)13(2)19-17(23)14-7-9-15(10-8-14)22-11-18-20-21-22/h3-11,13H,1-2H3,(H,19,23)/t13-/m0/s1. The molecule has 0 aliphatic heterocycles. The fraction of sp³-hybridized carbons (Fsp3) is 0.176. The summed E-state index contributed by atoms with van der Waals surface area (Å²) in [6.45, 7) is 4.02. The van der Waals surface area contributed by atoms with Crippen molar-refractivity contribution in [3.63, 3.8) is 0 Å². The number of hydrogen-bond donors (Lipinski definition) is 1. The van der Waals surface area contributed by atoms with Gasteiger partial charge >= 0.3 is 0 Å². The predicted octanol–water partition coefficient (Wildman–Crippen LogP) is 2.46. The monoisotopic (exact) mass is 307 g/mol.